The van der Waals surface area contributed by atoms with Gasteiger partial charge in [0.1, 0.15) is 11.5 Å². The predicted octanol–water partition coefficient (Wildman–Crippen LogP) is 4.34. The number of methoxy groups -OCH3 is 2. The minimum atomic E-state index is -0.745. The molecule has 0 bridgehead atoms. The molecule has 34 heavy (non-hydrogen) atoms. The third kappa shape index (κ3) is 4.69. The molecule has 1 amide bonds. The largest absolute Gasteiger partial charge is 0.493 e. The number of amides is 1. The van der Waals surface area contributed by atoms with E-state index in [1.165, 1.54) is 6.07 Å². The number of hydrogen-bond acceptors (Lipinski definition) is 6. The highest BCUT2D eigenvalue weighted by atomic mass is 19.1. The van der Waals surface area contributed by atoms with Crippen LogP contribution in [0.1, 0.15) is 22.7 Å². The highest BCUT2D eigenvalue weighted by Gasteiger charge is 2.32. The van der Waals surface area contributed by atoms with Crippen molar-refractivity contribution in [2.75, 3.05) is 32.6 Å². The number of halogens is 1. The monoisotopic (exact) mass is 465 g/mol. The lowest BCUT2D eigenvalue weighted by atomic mass is 9.87. The molecule has 0 aliphatic carbocycles. The standard InChI is InChI=1S/C25H24FN3O5/c1-33-22-12-17-10-11-28(15-24(30)27-20-9-8-18(26)13-21(20)29(31)32)25(16-6-4-3-5-7-16)19(17)14-23(22)34-2/h3-9,12-14,25H,10-11,15H2,1-2H3,(H,27,30)/t25-/m1/s1. The maximum absolute atomic E-state index is 13.5. The van der Waals surface area contributed by atoms with Crippen molar-refractivity contribution < 1.29 is 23.6 Å². The average molecular weight is 465 g/mol. The Kier molecular flexibility index (Phi) is 6.74. The molecular weight excluding hydrogens is 441 g/mol. The van der Waals surface area contributed by atoms with Gasteiger partial charge in [-0.1, -0.05) is 30.3 Å². The summed E-state index contributed by atoms with van der Waals surface area (Å²) in [5.74, 6) is 0.0590. The fourth-order valence-corrected chi connectivity index (χ4v) is 4.33. The van der Waals surface area contributed by atoms with Crippen molar-refractivity contribution in [3.8, 4) is 11.5 Å². The fourth-order valence-electron chi connectivity index (χ4n) is 4.33. The molecule has 1 aliphatic heterocycles. The van der Waals surface area contributed by atoms with Crippen molar-refractivity contribution in [2.45, 2.75) is 12.5 Å². The molecule has 1 atom stereocenters. The van der Waals surface area contributed by atoms with Crippen LogP contribution in [0.4, 0.5) is 15.8 Å². The molecule has 1 N–H and O–H groups in total. The number of anilines is 1. The van der Waals surface area contributed by atoms with Crippen LogP contribution < -0.4 is 14.8 Å². The smallest absolute Gasteiger partial charge is 0.295 e. The van der Waals surface area contributed by atoms with Crippen molar-refractivity contribution in [1.82, 2.24) is 4.90 Å². The van der Waals surface area contributed by atoms with Crippen LogP contribution in [0.3, 0.4) is 0 Å². The van der Waals surface area contributed by atoms with Crippen LogP contribution in [0, 0.1) is 15.9 Å². The molecule has 1 aliphatic rings. The van der Waals surface area contributed by atoms with Gasteiger partial charge in [-0.3, -0.25) is 19.8 Å². The second-order valence-corrected chi connectivity index (χ2v) is 7.91. The Bertz CT molecular complexity index is 1220. The zero-order valence-corrected chi connectivity index (χ0v) is 18.8. The summed E-state index contributed by atoms with van der Waals surface area (Å²) in [4.78, 5) is 25.5. The number of carbonyl (C=O) groups excluding carboxylic acids is 1. The molecule has 0 saturated carbocycles. The van der Waals surface area contributed by atoms with Crippen molar-refractivity contribution >= 4 is 17.3 Å². The van der Waals surface area contributed by atoms with Crippen LogP contribution in [0.15, 0.2) is 60.7 Å². The van der Waals surface area contributed by atoms with E-state index in [1.807, 2.05) is 47.4 Å². The molecule has 176 valence electrons. The zero-order chi connectivity index (χ0) is 24.2. The van der Waals surface area contributed by atoms with E-state index >= 15 is 0 Å². The second kappa shape index (κ2) is 9.88. The van der Waals surface area contributed by atoms with E-state index in [1.54, 1.807) is 14.2 Å². The summed E-state index contributed by atoms with van der Waals surface area (Å²) < 4.78 is 24.4. The van der Waals surface area contributed by atoms with Crippen LogP contribution in [-0.2, 0) is 11.2 Å². The molecule has 3 aromatic rings. The Hall–Kier alpha value is -3.98. The summed E-state index contributed by atoms with van der Waals surface area (Å²) >= 11 is 0. The average Bonchev–Trinajstić information content (AvgIpc) is 2.84. The number of carbonyl (C=O) groups is 1. The first-order chi connectivity index (χ1) is 16.4. The number of nitro groups is 1. The van der Waals surface area contributed by atoms with Gasteiger partial charge in [0.2, 0.25) is 5.91 Å². The fraction of sp³-hybridized carbons (Fsp3) is 0.240. The zero-order valence-electron chi connectivity index (χ0n) is 18.8. The number of benzene rings is 3. The summed E-state index contributed by atoms with van der Waals surface area (Å²) in [6, 6.07) is 16.5. The van der Waals surface area contributed by atoms with E-state index in [4.69, 9.17) is 9.47 Å². The van der Waals surface area contributed by atoms with Gasteiger partial charge in [-0.2, -0.15) is 0 Å². The van der Waals surface area contributed by atoms with E-state index in [-0.39, 0.29) is 18.3 Å². The number of rotatable bonds is 7. The molecule has 0 fully saturated rings. The number of nitro benzene ring substituents is 1. The van der Waals surface area contributed by atoms with E-state index in [2.05, 4.69) is 5.32 Å². The van der Waals surface area contributed by atoms with Crippen molar-refractivity contribution in [1.29, 1.82) is 0 Å². The molecule has 1 heterocycles. The van der Waals surface area contributed by atoms with Gasteiger partial charge in [-0.05, 0) is 47.4 Å². The molecule has 0 saturated heterocycles. The van der Waals surface area contributed by atoms with Gasteiger partial charge in [-0.25, -0.2) is 4.39 Å². The van der Waals surface area contributed by atoms with Crippen molar-refractivity contribution in [3.63, 3.8) is 0 Å². The minimum Gasteiger partial charge on any atom is -0.493 e. The lowest BCUT2D eigenvalue weighted by molar-refractivity contribution is -0.384. The van der Waals surface area contributed by atoms with Crippen molar-refractivity contribution in [2.24, 2.45) is 0 Å². The predicted molar refractivity (Wildman–Crippen MR) is 125 cm³/mol. The Morgan fingerprint density at radius 2 is 1.82 bits per heavy atom. The van der Waals surface area contributed by atoms with E-state index in [9.17, 15) is 19.3 Å². The molecule has 0 unspecified atom stereocenters. The third-order valence-corrected chi connectivity index (χ3v) is 5.87. The van der Waals surface area contributed by atoms with Crippen LogP contribution >= 0.6 is 0 Å². The van der Waals surface area contributed by atoms with Gasteiger partial charge in [-0.15, -0.1) is 0 Å². The maximum atomic E-state index is 13.5. The summed E-state index contributed by atoms with van der Waals surface area (Å²) in [7, 11) is 3.17. The molecule has 0 radical (unpaired) electrons. The number of hydrogen-bond donors (Lipinski definition) is 1. The van der Waals surface area contributed by atoms with Crippen LogP contribution in [0.25, 0.3) is 0 Å². The lowest BCUT2D eigenvalue weighted by Gasteiger charge is -2.37. The molecule has 4 rings (SSSR count). The normalized spacial score (nSPS) is 15.3. The van der Waals surface area contributed by atoms with Gasteiger partial charge in [0, 0.05) is 6.54 Å². The summed E-state index contributed by atoms with van der Waals surface area (Å²) in [6.07, 6.45) is 0.684. The van der Waals surface area contributed by atoms with Crippen LogP contribution in [0.2, 0.25) is 0 Å². The Balaban J connectivity index is 1.66. The quantitative estimate of drug-likeness (QED) is 0.412. The summed E-state index contributed by atoms with van der Waals surface area (Å²) in [5, 5.41) is 13.9. The van der Waals surface area contributed by atoms with Gasteiger partial charge >= 0.3 is 0 Å². The molecule has 3 aromatic carbocycles. The Morgan fingerprint density at radius 1 is 1.12 bits per heavy atom. The van der Waals surface area contributed by atoms with E-state index in [0.717, 1.165) is 28.8 Å². The van der Waals surface area contributed by atoms with Gasteiger partial charge < -0.3 is 14.8 Å². The van der Waals surface area contributed by atoms with Crippen molar-refractivity contribution in [3.05, 3.63) is 93.3 Å². The number of nitrogens with zero attached hydrogens (tertiary/aromatic N) is 2. The minimum absolute atomic E-state index is 0.0120. The summed E-state index contributed by atoms with van der Waals surface area (Å²) in [6.45, 7) is 0.572. The van der Waals surface area contributed by atoms with Gasteiger partial charge in [0.15, 0.2) is 11.5 Å². The molecule has 0 aromatic heterocycles. The molecule has 9 heteroatoms. The second-order valence-electron chi connectivity index (χ2n) is 7.91. The highest BCUT2D eigenvalue weighted by Crippen LogP contribution is 2.41. The first-order valence-electron chi connectivity index (χ1n) is 10.7. The maximum Gasteiger partial charge on any atom is 0.295 e. The van der Waals surface area contributed by atoms with Crippen LogP contribution in [-0.4, -0.2) is 43.0 Å². The third-order valence-electron chi connectivity index (χ3n) is 5.87. The first-order valence-corrected chi connectivity index (χ1v) is 10.7. The Morgan fingerprint density at radius 3 is 2.50 bits per heavy atom. The van der Waals surface area contributed by atoms with Gasteiger partial charge in [0.25, 0.3) is 5.69 Å². The molecular formula is C25H24FN3O5. The van der Waals surface area contributed by atoms with E-state index < -0.39 is 22.3 Å². The number of ether oxygens (including phenoxy) is 2. The van der Waals surface area contributed by atoms with Crippen LogP contribution in [0.5, 0.6) is 11.5 Å². The number of fused-ring (bicyclic) bond motifs is 1. The first kappa shape index (κ1) is 23.2. The summed E-state index contributed by atoms with van der Waals surface area (Å²) in [5.41, 5.74) is 2.55. The lowest BCUT2D eigenvalue weighted by Crippen LogP contribution is -2.41. The highest BCUT2D eigenvalue weighted by molar-refractivity contribution is 5.94. The van der Waals surface area contributed by atoms with E-state index in [0.29, 0.717) is 24.5 Å². The van der Waals surface area contributed by atoms with Gasteiger partial charge in [0.05, 0.1) is 37.8 Å². The molecule has 0 spiro atoms. The Labute approximate surface area is 196 Å². The molecule has 8 nitrogen and oxygen atoms in total. The SMILES string of the molecule is COc1cc2c(cc1OC)[C@@H](c1ccccc1)N(CC(=O)Nc1ccc(F)cc1[N+](=O)[O-])CC2. The topological polar surface area (TPSA) is 93.9 Å². The number of nitrogens with one attached hydrogen (secondary N) is 1.